The van der Waals surface area contributed by atoms with Gasteiger partial charge in [-0.2, -0.15) is 0 Å². The summed E-state index contributed by atoms with van der Waals surface area (Å²) in [6.07, 6.45) is 4.33. The minimum atomic E-state index is -0.158. The van der Waals surface area contributed by atoms with Crippen LogP contribution in [0.3, 0.4) is 0 Å². The number of carbonyl (C=O) groups is 1. The summed E-state index contributed by atoms with van der Waals surface area (Å²) in [6, 6.07) is 9.89. The lowest BCUT2D eigenvalue weighted by molar-refractivity contribution is 0.0939. The van der Waals surface area contributed by atoms with E-state index in [2.05, 4.69) is 25.5 Å². The molecule has 1 aliphatic rings. The first-order valence-corrected chi connectivity index (χ1v) is 10.7. The highest BCUT2D eigenvalue weighted by molar-refractivity contribution is 7.17. The smallest absolute Gasteiger partial charge is 0.263 e. The first-order chi connectivity index (χ1) is 14.1. The van der Waals surface area contributed by atoms with Crippen molar-refractivity contribution in [1.82, 2.24) is 25.2 Å². The number of anilines is 1. The van der Waals surface area contributed by atoms with E-state index < -0.39 is 0 Å². The van der Waals surface area contributed by atoms with E-state index in [9.17, 15) is 4.79 Å². The van der Waals surface area contributed by atoms with Gasteiger partial charge in [0.2, 0.25) is 0 Å². The second-order valence-corrected chi connectivity index (χ2v) is 8.22. The summed E-state index contributed by atoms with van der Waals surface area (Å²) in [5.41, 5.74) is 1.85. The SMILES string of the molecule is Cc1nc(N2CCNCC2)sc1C(=O)NC(Cc1nccn1C)c1ccccc1. The zero-order chi connectivity index (χ0) is 20.2. The Morgan fingerprint density at radius 1 is 1.28 bits per heavy atom. The van der Waals surface area contributed by atoms with Crippen molar-refractivity contribution < 1.29 is 4.79 Å². The Balaban J connectivity index is 1.55. The average molecular weight is 411 g/mol. The lowest BCUT2D eigenvalue weighted by Gasteiger charge is -2.26. The molecule has 29 heavy (non-hydrogen) atoms. The number of carbonyl (C=O) groups excluding carboxylic acids is 1. The van der Waals surface area contributed by atoms with E-state index in [0.717, 1.165) is 48.4 Å². The Kier molecular flexibility index (Phi) is 5.92. The molecular weight excluding hydrogens is 384 g/mol. The van der Waals surface area contributed by atoms with E-state index in [0.29, 0.717) is 11.3 Å². The Bertz CT molecular complexity index is 961. The van der Waals surface area contributed by atoms with Gasteiger partial charge in [-0.05, 0) is 12.5 Å². The molecule has 0 aliphatic carbocycles. The summed E-state index contributed by atoms with van der Waals surface area (Å²) in [4.78, 5) is 25.2. The molecule has 1 saturated heterocycles. The van der Waals surface area contributed by atoms with Crippen LogP contribution in [0.15, 0.2) is 42.7 Å². The average Bonchev–Trinajstić information content (AvgIpc) is 3.34. The molecule has 7 nitrogen and oxygen atoms in total. The maximum Gasteiger partial charge on any atom is 0.263 e. The molecule has 1 fully saturated rings. The standard InChI is InChI=1S/C21H26N6OS/c1-15-19(29-21(24-15)27-12-8-22-9-13-27)20(28)25-17(16-6-4-3-5-7-16)14-18-23-10-11-26(18)2/h3-7,10-11,17,22H,8-9,12-14H2,1-2H3,(H,25,28). The zero-order valence-electron chi connectivity index (χ0n) is 16.8. The van der Waals surface area contributed by atoms with Crippen molar-refractivity contribution in [2.45, 2.75) is 19.4 Å². The molecule has 3 heterocycles. The van der Waals surface area contributed by atoms with Crippen LogP contribution >= 0.6 is 11.3 Å². The molecule has 0 spiro atoms. The van der Waals surface area contributed by atoms with Crippen LogP contribution in [0.2, 0.25) is 0 Å². The second kappa shape index (κ2) is 8.75. The van der Waals surface area contributed by atoms with E-state index in [4.69, 9.17) is 0 Å². The Labute approximate surface area is 174 Å². The van der Waals surface area contributed by atoms with Crippen LogP contribution in [0.25, 0.3) is 0 Å². The second-order valence-electron chi connectivity index (χ2n) is 7.24. The van der Waals surface area contributed by atoms with Crippen molar-refractivity contribution in [3.05, 3.63) is 64.7 Å². The number of hydrogen-bond donors (Lipinski definition) is 2. The Morgan fingerprint density at radius 3 is 2.72 bits per heavy atom. The predicted octanol–water partition coefficient (Wildman–Crippen LogP) is 2.31. The minimum absolute atomic E-state index is 0.0792. The number of aryl methyl sites for hydroxylation is 2. The van der Waals surface area contributed by atoms with Crippen molar-refractivity contribution in [3.8, 4) is 0 Å². The number of rotatable bonds is 6. The van der Waals surface area contributed by atoms with Crippen LogP contribution in [0.4, 0.5) is 5.13 Å². The molecule has 0 radical (unpaired) electrons. The molecule has 1 amide bonds. The van der Waals surface area contributed by atoms with Crippen LogP contribution in [0.5, 0.6) is 0 Å². The van der Waals surface area contributed by atoms with Crippen molar-refractivity contribution in [2.24, 2.45) is 7.05 Å². The fourth-order valence-electron chi connectivity index (χ4n) is 3.52. The molecule has 1 unspecified atom stereocenters. The van der Waals surface area contributed by atoms with Crippen molar-refractivity contribution >= 4 is 22.4 Å². The lowest BCUT2D eigenvalue weighted by atomic mass is 10.0. The van der Waals surface area contributed by atoms with E-state index in [1.165, 1.54) is 11.3 Å². The Morgan fingerprint density at radius 2 is 2.03 bits per heavy atom. The van der Waals surface area contributed by atoms with Gasteiger partial charge in [0.25, 0.3) is 5.91 Å². The van der Waals surface area contributed by atoms with Crippen LogP contribution in [-0.4, -0.2) is 46.6 Å². The van der Waals surface area contributed by atoms with E-state index in [-0.39, 0.29) is 11.9 Å². The summed E-state index contributed by atoms with van der Waals surface area (Å²) < 4.78 is 1.99. The first kappa shape index (κ1) is 19.6. The molecule has 3 aromatic rings. The van der Waals surface area contributed by atoms with Crippen molar-refractivity contribution in [3.63, 3.8) is 0 Å². The highest BCUT2D eigenvalue weighted by Crippen LogP contribution is 2.27. The minimum Gasteiger partial charge on any atom is -0.346 e. The highest BCUT2D eigenvalue weighted by Gasteiger charge is 2.23. The van der Waals surface area contributed by atoms with Crippen LogP contribution in [0, 0.1) is 6.92 Å². The van der Waals surface area contributed by atoms with E-state index in [1.807, 2.05) is 55.1 Å². The first-order valence-electron chi connectivity index (χ1n) is 9.87. The summed E-state index contributed by atoms with van der Waals surface area (Å²) in [5.74, 6) is 0.853. The monoisotopic (exact) mass is 410 g/mol. The van der Waals surface area contributed by atoms with Crippen LogP contribution in [0.1, 0.15) is 32.8 Å². The third-order valence-corrected chi connectivity index (χ3v) is 6.41. The summed E-state index contributed by atoms with van der Waals surface area (Å²) in [5, 5.41) is 7.49. The highest BCUT2D eigenvalue weighted by atomic mass is 32.1. The molecule has 1 aliphatic heterocycles. The predicted molar refractivity (Wildman–Crippen MR) is 115 cm³/mol. The van der Waals surface area contributed by atoms with Gasteiger partial charge in [-0.15, -0.1) is 0 Å². The third-order valence-electron chi connectivity index (χ3n) is 5.19. The number of aromatic nitrogens is 3. The lowest BCUT2D eigenvalue weighted by Crippen LogP contribution is -2.43. The van der Waals surface area contributed by atoms with Gasteiger partial charge >= 0.3 is 0 Å². The van der Waals surface area contributed by atoms with Crippen LogP contribution < -0.4 is 15.5 Å². The van der Waals surface area contributed by atoms with Gasteiger partial charge in [0, 0.05) is 52.0 Å². The van der Waals surface area contributed by atoms with Gasteiger partial charge in [0.15, 0.2) is 5.13 Å². The molecule has 152 valence electrons. The molecule has 1 aromatic carbocycles. The van der Waals surface area contributed by atoms with Gasteiger partial charge in [-0.25, -0.2) is 9.97 Å². The van der Waals surface area contributed by atoms with Gasteiger partial charge in [-0.3, -0.25) is 4.79 Å². The number of amides is 1. The van der Waals surface area contributed by atoms with Gasteiger partial charge in [0.1, 0.15) is 10.7 Å². The number of benzene rings is 1. The third kappa shape index (κ3) is 4.49. The van der Waals surface area contributed by atoms with E-state index >= 15 is 0 Å². The maximum atomic E-state index is 13.2. The topological polar surface area (TPSA) is 75.1 Å². The quantitative estimate of drug-likeness (QED) is 0.652. The zero-order valence-corrected chi connectivity index (χ0v) is 17.6. The van der Waals surface area contributed by atoms with Gasteiger partial charge in [0.05, 0.1) is 11.7 Å². The number of piperazine rings is 1. The number of hydrogen-bond acceptors (Lipinski definition) is 6. The molecule has 0 bridgehead atoms. The number of thiazole rings is 1. The fourth-order valence-corrected chi connectivity index (χ4v) is 4.54. The largest absolute Gasteiger partial charge is 0.346 e. The molecular formula is C21H26N6OS. The summed E-state index contributed by atoms with van der Waals surface area (Å²) >= 11 is 1.48. The maximum absolute atomic E-state index is 13.2. The number of imidazole rings is 1. The number of nitrogens with zero attached hydrogens (tertiary/aromatic N) is 4. The normalized spacial score (nSPS) is 15.3. The Hall–Kier alpha value is -2.71. The van der Waals surface area contributed by atoms with Crippen molar-refractivity contribution in [2.75, 3.05) is 31.1 Å². The molecule has 8 heteroatoms. The number of nitrogens with one attached hydrogen (secondary N) is 2. The molecule has 4 rings (SSSR count). The molecule has 1 atom stereocenters. The molecule has 2 N–H and O–H groups in total. The van der Waals surface area contributed by atoms with Gasteiger partial charge in [-0.1, -0.05) is 41.7 Å². The van der Waals surface area contributed by atoms with Crippen molar-refractivity contribution in [1.29, 1.82) is 0 Å². The summed E-state index contributed by atoms with van der Waals surface area (Å²) in [6.45, 7) is 5.63. The molecule has 2 aromatic heterocycles. The van der Waals surface area contributed by atoms with E-state index in [1.54, 1.807) is 6.20 Å². The van der Waals surface area contributed by atoms with Crippen LogP contribution in [-0.2, 0) is 13.5 Å². The fraction of sp³-hybridized carbons (Fsp3) is 0.381. The molecule has 0 saturated carbocycles. The summed E-state index contributed by atoms with van der Waals surface area (Å²) in [7, 11) is 1.97. The van der Waals surface area contributed by atoms with Gasteiger partial charge < -0.3 is 20.1 Å².